The van der Waals surface area contributed by atoms with Gasteiger partial charge < -0.3 is 15.0 Å². The lowest BCUT2D eigenvalue weighted by atomic mass is 9.97. The number of nitrogens with zero attached hydrogens (tertiary/aromatic N) is 7. The smallest absolute Gasteiger partial charge is 0.229 e. The van der Waals surface area contributed by atoms with E-state index in [9.17, 15) is 4.79 Å². The van der Waals surface area contributed by atoms with Gasteiger partial charge in [0, 0.05) is 19.2 Å². The zero-order valence-electron chi connectivity index (χ0n) is 15.4. The monoisotopic (exact) mass is 380 g/mol. The van der Waals surface area contributed by atoms with Crippen LogP contribution in [0, 0.1) is 5.92 Å². The number of rotatable bonds is 5. The molecule has 3 aromatic rings. The third kappa shape index (κ3) is 3.90. The summed E-state index contributed by atoms with van der Waals surface area (Å²) in [4.78, 5) is 22.8. The van der Waals surface area contributed by atoms with Crippen LogP contribution in [0.5, 0.6) is 5.88 Å². The van der Waals surface area contributed by atoms with Crippen molar-refractivity contribution in [1.29, 1.82) is 0 Å². The summed E-state index contributed by atoms with van der Waals surface area (Å²) < 4.78 is 6.58. The molecule has 0 bridgehead atoms. The summed E-state index contributed by atoms with van der Waals surface area (Å²) in [6.45, 7) is 1.43. The summed E-state index contributed by atoms with van der Waals surface area (Å²) in [6.07, 6.45) is 6.34. The van der Waals surface area contributed by atoms with Crippen LogP contribution in [0.2, 0.25) is 0 Å². The molecule has 1 saturated heterocycles. The van der Waals surface area contributed by atoms with E-state index in [1.54, 1.807) is 36.4 Å². The van der Waals surface area contributed by atoms with Crippen molar-refractivity contribution in [3.8, 4) is 11.7 Å². The number of carbonyl (C=O) groups excluding carboxylic acids is 1. The van der Waals surface area contributed by atoms with Crippen molar-refractivity contribution in [2.75, 3.05) is 30.4 Å². The molecule has 1 aliphatic rings. The lowest BCUT2D eigenvalue weighted by Gasteiger charge is -2.32. The van der Waals surface area contributed by atoms with Gasteiger partial charge in [-0.3, -0.25) is 4.79 Å². The molecule has 10 heteroatoms. The minimum absolute atomic E-state index is 0.0242. The summed E-state index contributed by atoms with van der Waals surface area (Å²) in [5.41, 5.74) is 0.653. The van der Waals surface area contributed by atoms with Crippen molar-refractivity contribution in [2.24, 2.45) is 5.92 Å². The van der Waals surface area contributed by atoms with E-state index >= 15 is 0 Å². The predicted octanol–water partition coefficient (Wildman–Crippen LogP) is 1.32. The van der Waals surface area contributed by atoms with Gasteiger partial charge in [0.25, 0.3) is 0 Å². The van der Waals surface area contributed by atoms with Gasteiger partial charge in [-0.05, 0) is 31.0 Å². The molecular formula is C18H20N8O2. The van der Waals surface area contributed by atoms with E-state index in [1.807, 2.05) is 12.1 Å². The van der Waals surface area contributed by atoms with Gasteiger partial charge in [-0.2, -0.15) is 5.10 Å². The molecule has 3 aromatic heterocycles. The average Bonchev–Trinajstić information content (AvgIpc) is 3.29. The largest absolute Gasteiger partial charge is 0.481 e. The second-order valence-corrected chi connectivity index (χ2v) is 6.45. The van der Waals surface area contributed by atoms with Crippen LogP contribution in [0.3, 0.4) is 0 Å². The fraction of sp³-hybridized carbons (Fsp3) is 0.333. The summed E-state index contributed by atoms with van der Waals surface area (Å²) >= 11 is 0. The van der Waals surface area contributed by atoms with Gasteiger partial charge >= 0.3 is 0 Å². The van der Waals surface area contributed by atoms with Crippen molar-refractivity contribution >= 4 is 17.4 Å². The number of piperidine rings is 1. The molecule has 28 heavy (non-hydrogen) atoms. The first-order chi connectivity index (χ1) is 13.7. The van der Waals surface area contributed by atoms with Gasteiger partial charge in [-0.1, -0.05) is 0 Å². The van der Waals surface area contributed by atoms with Crippen molar-refractivity contribution < 1.29 is 9.53 Å². The maximum absolute atomic E-state index is 12.7. The Labute approximate surface area is 161 Å². The van der Waals surface area contributed by atoms with Crippen LogP contribution >= 0.6 is 0 Å². The molecule has 0 unspecified atom stereocenters. The maximum Gasteiger partial charge on any atom is 0.229 e. The van der Waals surface area contributed by atoms with Crippen molar-refractivity contribution in [3.63, 3.8) is 0 Å². The molecular weight excluding hydrogens is 360 g/mol. The number of aromatic nitrogens is 6. The summed E-state index contributed by atoms with van der Waals surface area (Å²) in [5, 5.41) is 15.4. The van der Waals surface area contributed by atoms with E-state index in [-0.39, 0.29) is 11.8 Å². The number of hydrogen-bond donors (Lipinski definition) is 1. The molecule has 4 heterocycles. The fourth-order valence-electron chi connectivity index (χ4n) is 3.15. The first kappa shape index (κ1) is 17.8. The van der Waals surface area contributed by atoms with Crippen molar-refractivity contribution in [2.45, 2.75) is 12.8 Å². The maximum atomic E-state index is 12.7. The number of hydrogen-bond acceptors (Lipinski definition) is 8. The highest BCUT2D eigenvalue weighted by atomic mass is 16.5. The standard InChI is InChI=1S/C18H20N8O2/c1-28-17-7-4-14(9-20-17)22-18(27)13-3-2-8-25(10-13)15-5-6-16(24-23-15)26-12-19-11-21-26/h4-7,9,11-13H,2-3,8,10H2,1H3,(H,22,27)/t13-/m1/s1. The molecule has 0 aliphatic carbocycles. The first-order valence-electron chi connectivity index (χ1n) is 8.97. The van der Waals surface area contributed by atoms with Gasteiger partial charge in [0.2, 0.25) is 11.8 Å². The third-order valence-corrected chi connectivity index (χ3v) is 4.62. The van der Waals surface area contributed by atoms with Gasteiger partial charge in [0.05, 0.1) is 24.9 Å². The van der Waals surface area contributed by atoms with Gasteiger partial charge in [0.15, 0.2) is 11.6 Å². The highest BCUT2D eigenvalue weighted by molar-refractivity contribution is 5.92. The van der Waals surface area contributed by atoms with Crippen LogP contribution in [0.15, 0.2) is 43.1 Å². The Morgan fingerprint density at radius 1 is 1.21 bits per heavy atom. The topological polar surface area (TPSA) is 111 Å². The van der Waals surface area contributed by atoms with Crippen LogP contribution in [0.4, 0.5) is 11.5 Å². The third-order valence-electron chi connectivity index (χ3n) is 4.62. The highest BCUT2D eigenvalue weighted by Crippen LogP contribution is 2.23. The SMILES string of the molecule is COc1ccc(NC(=O)[C@@H]2CCCN(c3ccc(-n4cncn4)nn3)C2)cn1. The number of pyridine rings is 1. The Balaban J connectivity index is 1.40. The number of methoxy groups -OCH3 is 1. The molecule has 10 nitrogen and oxygen atoms in total. The Morgan fingerprint density at radius 3 is 2.75 bits per heavy atom. The lowest BCUT2D eigenvalue weighted by Crippen LogP contribution is -2.41. The number of anilines is 2. The molecule has 144 valence electrons. The van der Waals surface area contributed by atoms with Crippen molar-refractivity contribution in [3.05, 3.63) is 43.1 Å². The highest BCUT2D eigenvalue weighted by Gasteiger charge is 2.27. The zero-order chi connectivity index (χ0) is 19.3. The molecule has 1 fully saturated rings. The van der Waals surface area contributed by atoms with Gasteiger partial charge in [-0.25, -0.2) is 14.6 Å². The minimum Gasteiger partial charge on any atom is -0.481 e. The Morgan fingerprint density at radius 2 is 2.07 bits per heavy atom. The Hall–Kier alpha value is -3.56. The van der Waals surface area contributed by atoms with Crippen molar-refractivity contribution in [1.82, 2.24) is 29.9 Å². The Kier molecular flexibility index (Phi) is 5.09. The second kappa shape index (κ2) is 7.99. The summed E-state index contributed by atoms with van der Waals surface area (Å²) in [5.74, 6) is 1.69. The molecule has 1 N–H and O–H groups in total. The number of nitrogens with one attached hydrogen (secondary N) is 1. The molecule has 0 radical (unpaired) electrons. The lowest BCUT2D eigenvalue weighted by molar-refractivity contribution is -0.120. The minimum atomic E-state index is -0.132. The first-order valence-corrected chi connectivity index (χ1v) is 8.97. The van der Waals surface area contributed by atoms with E-state index in [4.69, 9.17) is 4.74 Å². The van der Waals surface area contributed by atoms with Crippen LogP contribution < -0.4 is 15.0 Å². The van der Waals surface area contributed by atoms with E-state index in [0.717, 1.165) is 25.2 Å². The number of amides is 1. The molecule has 0 aromatic carbocycles. The van der Waals surface area contributed by atoms with Gasteiger partial charge in [-0.15, -0.1) is 10.2 Å². The predicted molar refractivity (Wildman–Crippen MR) is 101 cm³/mol. The van der Waals surface area contributed by atoms with E-state index < -0.39 is 0 Å². The average molecular weight is 380 g/mol. The van der Waals surface area contributed by atoms with E-state index in [1.165, 1.54) is 6.33 Å². The van der Waals surface area contributed by atoms with Crippen LogP contribution in [0.25, 0.3) is 5.82 Å². The van der Waals surface area contributed by atoms with Crippen LogP contribution in [-0.2, 0) is 4.79 Å². The second-order valence-electron chi connectivity index (χ2n) is 6.45. The molecule has 1 atom stereocenters. The number of carbonyl (C=O) groups is 1. The molecule has 4 rings (SSSR count). The van der Waals surface area contributed by atoms with Crippen LogP contribution in [0.1, 0.15) is 12.8 Å². The normalized spacial score (nSPS) is 16.6. The zero-order valence-corrected chi connectivity index (χ0v) is 15.4. The molecule has 1 aliphatic heterocycles. The summed E-state index contributed by atoms with van der Waals surface area (Å²) in [6, 6.07) is 7.22. The Bertz CT molecular complexity index is 912. The summed E-state index contributed by atoms with van der Waals surface area (Å²) in [7, 11) is 1.55. The fourth-order valence-corrected chi connectivity index (χ4v) is 3.15. The molecule has 0 spiro atoms. The molecule has 1 amide bonds. The number of ether oxygens (including phenoxy) is 1. The van der Waals surface area contributed by atoms with Crippen LogP contribution in [-0.4, -0.2) is 56.1 Å². The molecule has 0 saturated carbocycles. The quantitative estimate of drug-likeness (QED) is 0.705. The van der Waals surface area contributed by atoms with E-state index in [2.05, 4.69) is 35.5 Å². The van der Waals surface area contributed by atoms with Gasteiger partial charge in [0.1, 0.15) is 12.7 Å². The van der Waals surface area contributed by atoms with E-state index in [0.29, 0.717) is 23.9 Å².